The van der Waals surface area contributed by atoms with E-state index in [4.69, 9.17) is 9.15 Å². The number of hydrogen-bond acceptors (Lipinski definition) is 4. The van der Waals surface area contributed by atoms with Crippen LogP contribution >= 0.6 is 0 Å². The monoisotopic (exact) mass is 414 g/mol. The zero-order valence-electron chi connectivity index (χ0n) is 17.2. The van der Waals surface area contributed by atoms with Gasteiger partial charge in [0.1, 0.15) is 0 Å². The highest BCUT2D eigenvalue weighted by Gasteiger charge is 2.18. The Morgan fingerprint density at radius 3 is 2.45 bits per heavy atom. The molecule has 0 saturated heterocycles. The summed E-state index contributed by atoms with van der Waals surface area (Å²) >= 11 is 0. The Labute approximate surface area is 179 Å². The summed E-state index contributed by atoms with van der Waals surface area (Å²) in [7, 11) is 1.56. The molecule has 1 heterocycles. The Morgan fingerprint density at radius 1 is 0.903 bits per heavy atom. The summed E-state index contributed by atoms with van der Waals surface area (Å²) in [6.07, 6.45) is 0. The van der Waals surface area contributed by atoms with Crippen LogP contribution in [0, 0.1) is 0 Å². The highest BCUT2D eigenvalue weighted by molar-refractivity contribution is 6.04. The molecule has 0 aliphatic carbocycles. The topological polar surface area (TPSA) is 80.6 Å². The molecule has 1 atom stereocenters. The molecular weight excluding hydrogens is 392 g/mol. The van der Waals surface area contributed by atoms with Crippen LogP contribution in [0.1, 0.15) is 39.4 Å². The SMILES string of the molecule is COc1cccc2cc(C(=O)NC(C)c3cccc(NC(=O)c4ccccc4)c3)oc12. The first-order valence-corrected chi connectivity index (χ1v) is 9.89. The van der Waals surface area contributed by atoms with Gasteiger partial charge in [-0.2, -0.15) is 0 Å². The Bertz CT molecular complexity index is 1230. The minimum absolute atomic E-state index is 0.189. The molecule has 0 spiro atoms. The number of fused-ring (bicyclic) bond motifs is 1. The molecule has 6 nitrogen and oxygen atoms in total. The summed E-state index contributed by atoms with van der Waals surface area (Å²) in [6.45, 7) is 1.87. The van der Waals surface area contributed by atoms with Gasteiger partial charge in [0, 0.05) is 16.6 Å². The molecule has 156 valence electrons. The van der Waals surface area contributed by atoms with Crippen LogP contribution in [-0.2, 0) is 0 Å². The predicted octanol–water partition coefficient (Wildman–Crippen LogP) is 5.18. The van der Waals surface area contributed by atoms with Gasteiger partial charge in [-0.15, -0.1) is 0 Å². The summed E-state index contributed by atoms with van der Waals surface area (Å²) in [5.74, 6) is 0.265. The second-order valence-corrected chi connectivity index (χ2v) is 7.13. The molecule has 3 aromatic carbocycles. The minimum Gasteiger partial charge on any atom is -0.493 e. The maximum absolute atomic E-state index is 12.7. The number of methoxy groups -OCH3 is 1. The predicted molar refractivity (Wildman–Crippen MR) is 119 cm³/mol. The van der Waals surface area contributed by atoms with E-state index in [0.717, 1.165) is 10.9 Å². The Kier molecular flexibility index (Phi) is 5.71. The van der Waals surface area contributed by atoms with Gasteiger partial charge in [-0.25, -0.2) is 0 Å². The number of carbonyl (C=O) groups is 2. The Morgan fingerprint density at radius 2 is 1.68 bits per heavy atom. The molecule has 0 saturated carbocycles. The fourth-order valence-electron chi connectivity index (χ4n) is 3.34. The number of furan rings is 1. The Balaban J connectivity index is 1.47. The Hall–Kier alpha value is -4.06. The van der Waals surface area contributed by atoms with Crippen LogP contribution in [-0.4, -0.2) is 18.9 Å². The van der Waals surface area contributed by atoms with Gasteiger partial charge in [0.15, 0.2) is 17.1 Å². The van der Waals surface area contributed by atoms with Gasteiger partial charge in [-0.1, -0.05) is 42.5 Å². The maximum atomic E-state index is 12.7. The molecule has 31 heavy (non-hydrogen) atoms. The summed E-state index contributed by atoms with van der Waals surface area (Å²) < 4.78 is 11.0. The van der Waals surface area contributed by atoms with Gasteiger partial charge in [0.2, 0.25) is 0 Å². The molecule has 4 aromatic rings. The van der Waals surface area contributed by atoms with Crippen molar-refractivity contribution in [3.8, 4) is 5.75 Å². The lowest BCUT2D eigenvalue weighted by molar-refractivity contribution is 0.0913. The van der Waals surface area contributed by atoms with Crippen LogP contribution in [0.5, 0.6) is 5.75 Å². The lowest BCUT2D eigenvalue weighted by atomic mass is 10.1. The van der Waals surface area contributed by atoms with E-state index in [1.165, 1.54) is 0 Å². The van der Waals surface area contributed by atoms with E-state index in [-0.39, 0.29) is 23.6 Å². The number of ether oxygens (including phenoxy) is 1. The average Bonchev–Trinajstić information content (AvgIpc) is 3.24. The van der Waals surface area contributed by atoms with E-state index >= 15 is 0 Å². The highest BCUT2D eigenvalue weighted by Crippen LogP contribution is 2.28. The first-order valence-electron chi connectivity index (χ1n) is 9.89. The number of rotatable bonds is 6. The van der Waals surface area contributed by atoms with Crippen LogP contribution in [0.2, 0.25) is 0 Å². The van der Waals surface area contributed by atoms with E-state index in [1.54, 1.807) is 31.4 Å². The molecule has 6 heteroatoms. The molecule has 2 N–H and O–H groups in total. The van der Waals surface area contributed by atoms with Gasteiger partial charge < -0.3 is 19.8 Å². The largest absolute Gasteiger partial charge is 0.493 e. The minimum atomic E-state index is -0.329. The third kappa shape index (κ3) is 4.43. The molecule has 2 amide bonds. The molecule has 4 rings (SSSR count). The average molecular weight is 414 g/mol. The first kappa shape index (κ1) is 20.2. The van der Waals surface area contributed by atoms with E-state index < -0.39 is 0 Å². The highest BCUT2D eigenvalue weighted by atomic mass is 16.5. The summed E-state index contributed by atoms with van der Waals surface area (Å²) in [4.78, 5) is 25.1. The molecular formula is C25H22N2O4. The standard InChI is InChI=1S/C25H22N2O4/c1-16(26-25(29)22-15-19-11-7-13-21(30-2)23(19)31-22)18-10-6-12-20(14-18)27-24(28)17-8-4-3-5-9-17/h3-16H,1-2H3,(H,26,29)(H,27,28). The summed E-state index contributed by atoms with van der Waals surface area (Å²) in [5, 5.41) is 6.62. The van der Waals surface area contributed by atoms with Crippen LogP contribution in [0.3, 0.4) is 0 Å². The number of amides is 2. The lowest BCUT2D eigenvalue weighted by Crippen LogP contribution is -2.26. The molecule has 0 radical (unpaired) electrons. The third-order valence-electron chi connectivity index (χ3n) is 4.98. The number of para-hydroxylation sites is 1. The fraction of sp³-hybridized carbons (Fsp3) is 0.120. The third-order valence-corrected chi connectivity index (χ3v) is 4.98. The second-order valence-electron chi connectivity index (χ2n) is 7.13. The number of carbonyl (C=O) groups excluding carboxylic acids is 2. The number of benzene rings is 3. The fourth-order valence-corrected chi connectivity index (χ4v) is 3.34. The van der Waals surface area contributed by atoms with Gasteiger partial charge >= 0.3 is 0 Å². The van der Waals surface area contributed by atoms with Crippen molar-refractivity contribution in [2.24, 2.45) is 0 Å². The van der Waals surface area contributed by atoms with Crippen LogP contribution < -0.4 is 15.4 Å². The van der Waals surface area contributed by atoms with Gasteiger partial charge in [-0.3, -0.25) is 9.59 Å². The lowest BCUT2D eigenvalue weighted by Gasteiger charge is -2.15. The number of nitrogens with one attached hydrogen (secondary N) is 2. The molecule has 1 unspecified atom stereocenters. The van der Waals surface area contributed by atoms with Crippen LogP contribution in [0.25, 0.3) is 11.0 Å². The molecule has 0 fully saturated rings. The van der Waals surface area contributed by atoms with E-state index in [9.17, 15) is 9.59 Å². The van der Waals surface area contributed by atoms with Gasteiger partial charge in [0.05, 0.1) is 13.2 Å². The first-order chi connectivity index (χ1) is 15.0. The van der Waals surface area contributed by atoms with Crippen molar-refractivity contribution in [2.45, 2.75) is 13.0 Å². The van der Waals surface area contributed by atoms with Crippen LogP contribution in [0.15, 0.2) is 83.3 Å². The maximum Gasteiger partial charge on any atom is 0.287 e. The quantitative estimate of drug-likeness (QED) is 0.455. The van der Waals surface area contributed by atoms with Gasteiger partial charge in [-0.05, 0) is 48.9 Å². The summed E-state index contributed by atoms with van der Waals surface area (Å²) in [6, 6.07) is 23.3. The van der Waals surface area contributed by atoms with E-state index in [2.05, 4.69) is 10.6 Å². The zero-order chi connectivity index (χ0) is 21.8. The van der Waals surface area contributed by atoms with Crippen molar-refractivity contribution < 1.29 is 18.7 Å². The van der Waals surface area contributed by atoms with Crippen molar-refractivity contribution in [1.82, 2.24) is 5.32 Å². The van der Waals surface area contributed by atoms with Crippen molar-refractivity contribution in [2.75, 3.05) is 12.4 Å². The molecule has 1 aromatic heterocycles. The smallest absolute Gasteiger partial charge is 0.287 e. The van der Waals surface area contributed by atoms with Crippen molar-refractivity contribution >= 4 is 28.5 Å². The van der Waals surface area contributed by atoms with Gasteiger partial charge in [0.25, 0.3) is 11.8 Å². The summed E-state index contributed by atoms with van der Waals surface area (Å²) in [5.41, 5.74) is 2.62. The van der Waals surface area contributed by atoms with Crippen molar-refractivity contribution in [3.05, 3.63) is 95.7 Å². The van der Waals surface area contributed by atoms with Crippen molar-refractivity contribution in [3.63, 3.8) is 0 Å². The zero-order valence-corrected chi connectivity index (χ0v) is 17.2. The van der Waals surface area contributed by atoms with Crippen LogP contribution in [0.4, 0.5) is 5.69 Å². The molecule has 0 aliphatic heterocycles. The number of anilines is 1. The second kappa shape index (κ2) is 8.75. The normalized spacial score (nSPS) is 11.7. The number of hydrogen-bond donors (Lipinski definition) is 2. The molecule has 0 aliphatic rings. The van der Waals surface area contributed by atoms with Crippen molar-refractivity contribution in [1.29, 1.82) is 0 Å². The van der Waals surface area contributed by atoms with E-state index in [1.807, 2.05) is 61.5 Å². The molecule has 0 bridgehead atoms. The van der Waals surface area contributed by atoms with E-state index in [0.29, 0.717) is 22.6 Å².